The van der Waals surface area contributed by atoms with Crippen LogP contribution in [0.4, 0.5) is 0 Å². The maximum absolute atomic E-state index is 8.43. The number of benzene rings is 1. The quantitative estimate of drug-likeness (QED) is 0.438. The first-order valence-electron chi connectivity index (χ1n) is 4.00. The standard InChI is InChI=1S/C9H9NO4/c1-12-7-3-9-8(13-5-14-9)2-6(7)4-10-11/h2-4,11H,5H2,1H3. The molecule has 1 aromatic rings. The minimum atomic E-state index is 0.207. The number of oxime groups is 1. The highest BCUT2D eigenvalue weighted by atomic mass is 16.7. The van der Waals surface area contributed by atoms with Gasteiger partial charge in [-0.1, -0.05) is 5.16 Å². The van der Waals surface area contributed by atoms with Gasteiger partial charge in [-0.15, -0.1) is 0 Å². The van der Waals surface area contributed by atoms with E-state index in [1.165, 1.54) is 13.3 Å². The van der Waals surface area contributed by atoms with Crippen molar-refractivity contribution in [2.75, 3.05) is 13.9 Å². The average Bonchev–Trinajstić information content (AvgIpc) is 2.64. The molecule has 1 aliphatic heterocycles. The third kappa shape index (κ3) is 1.32. The zero-order chi connectivity index (χ0) is 9.97. The molecule has 1 N–H and O–H groups in total. The van der Waals surface area contributed by atoms with Crippen LogP contribution in [0.15, 0.2) is 17.3 Å². The van der Waals surface area contributed by atoms with E-state index in [2.05, 4.69) is 5.16 Å². The second-order valence-electron chi connectivity index (χ2n) is 2.69. The van der Waals surface area contributed by atoms with E-state index < -0.39 is 0 Å². The molecule has 0 amide bonds. The first-order valence-corrected chi connectivity index (χ1v) is 4.00. The van der Waals surface area contributed by atoms with Crippen LogP contribution in [0, 0.1) is 0 Å². The van der Waals surface area contributed by atoms with E-state index in [1.807, 2.05) is 0 Å². The molecule has 1 aliphatic rings. The topological polar surface area (TPSA) is 60.3 Å². The Morgan fingerprint density at radius 1 is 1.43 bits per heavy atom. The van der Waals surface area contributed by atoms with Gasteiger partial charge in [-0.3, -0.25) is 0 Å². The predicted octanol–water partition coefficient (Wildman–Crippen LogP) is 1.23. The molecule has 0 unspecified atom stereocenters. The largest absolute Gasteiger partial charge is 0.496 e. The molecule has 2 rings (SSSR count). The SMILES string of the molecule is COc1cc2c(cc1C=NO)OCO2. The van der Waals surface area contributed by atoms with Crippen LogP contribution in [0.3, 0.4) is 0 Å². The molecule has 5 nitrogen and oxygen atoms in total. The summed E-state index contributed by atoms with van der Waals surface area (Å²) in [6, 6.07) is 3.39. The second kappa shape index (κ2) is 3.45. The van der Waals surface area contributed by atoms with Gasteiger partial charge in [0, 0.05) is 11.6 Å². The summed E-state index contributed by atoms with van der Waals surface area (Å²) in [4.78, 5) is 0. The Balaban J connectivity index is 2.48. The maximum atomic E-state index is 8.43. The van der Waals surface area contributed by atoms with Gasteiger partial charge in [0.15, 0.2) is 11.5 Å². The van der Waals surface area contributed by atoms with Gasteiger partial charge in [0.25, 0.3) is 0 Å². The highest BCUT2D eigenvalue weighted by molar-refractivity contribution is 5.84. The lowest BCUT2D eigenvalue weighted by atomic mass is 10.2. The molecule has 14 heavy (non-hydrogen) atoms. The summed E-state index contributed by atoms with van der Waals surface area (Å²) < 4.78 is 15.4. The second-order valence-corrected chi connectivity index (χ2v) is 2.69. The van der Waals surface area contributed by atoms with Crippen LogP contribution < -0.4 is 14.2 Å². The summed E-state index contributed by atoms with van der Waals surface area (Å²) in [5.74, 6) is 1.84. The zero-order valence-electron chi connectivity index (χ0n) is 7.56. The monoisotopic (exact) mass is 195 g/mol. The molecule has 0 aliphatic carbocycles. The van der Waals surface area contributed by atoms with Crippen molar-refractivity contribution in [1.29, 1.82) is 0 Å². The first kappa shape index (κ1) is 8.68. The Labute approximate surface area is 80.5 Å². The first-order chi connectivity index (χ1) is 6.85. The van der Waals surface area contributed by atoms with Crippen molar-refractivity contribution in [3.8, 4) is 17.2 Å². The predicted molar refractivity (Wildman–Crippen MR) is 48.5 cm³/mol. The molecule has 0 aromatic heterocycles. The minimum Gasteiger partial charge on any atom is -0.496 e. The number of ether oxygens (including phenoxy) is 3. The van der Waals surface area contributed by atoms with E-state index >= 15 is 0 Å². The van der Waals surface area contributed by atoms with Gasteiger partial charge in [0.05, 0.1) is 13.3 Å². The Morgan fingerprint density at radius 2 is 2.14 bits per heavy atom. The van der Waals surface area contributed by atoms with Crippen molar-refractivity contribution in [3.05, 3.63) is 17.7 Å². The third-order valence-corrected chi connectivity index (χ3v) is 1.92. The van der Waals surface area contributed by atoms with Crippen LogP contribution >= 0.6 is 0 Å². The molecule has 0 fully saturated rings. The molecule has 1 heterocycles. The van der Waals surface area contributed by atoms with Gasteiger partial charge >= 0.3 is 0 Å². The average molecular weight is 195 g/mol. The van der Waals surface area contributed by atoms with Gasteiger partial charge in [-0.05, 0) is 6.07 Å². The molecular formula is C9H9NO4. The van der Waals surface area contributed by atoms with E-state index in [1.54, 1.807) is 12.1 Å². The van der Waals surface area contributed by atoms with E-state index in [-0.39, 0.29) is 6.79 Å². The summed E-state index contributed by atoms with van der Waals surface area (Å²) in [6.45, 7) is 0.207. The molecule has 0 saturated carbocycles. The lowest BCUT2D eigenvalue weighted by Crippen LogP contribution is -1.92. The summed E-state index contributed by atoms with van der Waals surface area (Å²) in [7, 11) is 1.53. The highest BCUT2D eigenvalue weighted by Gasteiger charge is 2.16. The lowest BCUT2D eigenvalue weighted by molar-refractivity contribution is 0.174. The van der Waals surface area contributed by atoms with Crippen LogP contribution in [-0.4, -0.2) is 25.3 Å². The summed E-state index contributed by atoms with van der Waals surface area (Å²) in [6.07, 6.45) is 1.28. The summed E-state index contributed by atoms with van der Waals surface area (Å²) in [5.41, 5.74) is 0.638. The molecule has 0 bridgehead atoms. The molecule has 0 radical (unpaired) electrons. The number of hydrogen-bond acceptors (Lipinski definition) is 5. The maximum Gasteiger partial charge on any atom is 0.231 e. The van der Waals surface area contributed by atoms with Crippen molar-refractivity contribution in [3.63, 3.8) is 0 Å². The molecule has 0 spiro atoms. The fraction of sp³-hybridized carbons (Fsp3) is 0.222. The molecule has 74 valence electrons. The van der Waals surface area contributed by atoms with E-state index in [4.69, 9.17) is 19.4 Å². The number of nitrogens with zero attached hydrogens (tertiary/aromatic N) is 1. The number of rotatable bonds is 2. The normalized spacial score (nSPS) is 13.5. The smallest absolute Gasteiger partial charge is 0.231 e. The van der Waals surface area contributed by atoms with Crippen molar-refractivity contribution >= 4 is 6.21 Å². The Hall–Kier alpha value is -1.91. The highest BCUT2D eigenvalue weighted by Crippen LogP contribution is 2.37. The van der Waals surface area contributed by atoms with E-state index in [0.29, 0.717) is 22.8 Å². The van der Waals surface area contributed by atoms with Gasteiger partial charge < -0.3 is 19.4 Å². The molecule has 1 aromatic carbocycles. The van der Waals surface area contributed by atoms with Crippen LogP contribution in [-0.2, 0) is 0 Å². The molecule has 0 saturated heterocycles. The summed E-state index contributed by atoms with van der Waals surface area (Å²) >= 11 is 0. The Morgan fingerprint density at radius 3 is 2.79 bits per heavy atom. The van der Waals surface area contributed by atoms with Crippen molar-refractivity contribution in [2.45, 2.75) is 0 Å². The van der Waals surface area contributed by atoms with Crippen molar-refractivity contribution < 1.29 is 19.4 Å². The summed E-state index contributed by atoms with van der Waals surface area (Å²) in [5, 5.41) is 11.4. The molecule has 0 atom stereocenters. The third-order valence-electron chi connectivity index (χ3n) is 1.92. The van der Waals surface area contributed by atoms with Crippen molar-refractivity contribution in [2.24, 2.45) is 5.16 Å². The van der Waals surface area contributed by atoms with Gasteiger partial charge in [-0.25, -0.2) is 0 Å². The van der Waals surface area contributed by atoms with Gasteiger partial charge in [-0.2, -0.15) is 0 Å². The van der Waals surface area contributed by atoms with Crippen LogP contribution in [0.1, 0.15) is 5.56 Å². The number of fused-ring (bicyclic) bond motifs is 1. The Kier molecular flexibility index (Phi) is 2.14. The number of methoxy groups -OCH3 is 1. The molecule has 5 heteroatoms. The fourth-order valence-electron chi connectivity index (χ4n) is 1.28. The van der Waals surface area contributed by atoms with Crippen LogP contribution in [0.2, 0.25) is 0 Å². The van der Waals surface area contributed by atoms with Crippen LogP contribution in [0.5, 0.6) is 17.2 Å². The fourth-order valence-corrected chi connectivity index (χ4v) is 1.28. The molecular weight excluding hydrogens is 186 g/mol. The van der Waals surface area contributed by atoms with Gasteiger partial charge in [0.1, 0.15) is 5.75 Å². The van der Waals surface area contributed by atoms with E-state index in [0.717, 1.165) is 0 Å². The Bertz CT molecular complexity index is 375. The van der Waals surface area contributed by atoms with Crippen molar-refractivity contribution in [1.82, 2.24) is 0 Å². The number of hydrogen-bond donors (Lipinski definition) is 1. The minimum absolute atomic E-state index is 0.207. The van der Waals surface area contributed by atoms with Gasteiger partial charge in [0.2, 0.25) is 6.79 Å². The zero-order valence-corrected chi connectivity index (χ0v) is 7.56. The lowest BCUT2D eigenvalue weighted by Gasteiger charge is -2.05. The van der Waals surface area contributed by atoms with E-state index in [9.17, 15) is 0 Å². The van der Waals surface area contributed by atoms with Crippen LogP contribution in [0.25, 0.3) is 0 Å².